The molecule has 2 aromatic rings. The van der Waals surface area contributed by atoms with Gasteiger partial charge in [-0.05, 0) is 55.3 Å². The van der Waals surface area contributed by atoms with E-state index in [1.54, 1.807) is 55.6 Å². The van der Waals surface area contributed by atoms with Crippen LogP contribution in [0.5, 0.6) is 5.75 Å². The third kappa shape index (κ3) is 4.93. The third-order valence-electron chi connectivity index (χ3n) is 5.67. The normalized spacial score (nSPS) is 20.0. The van der Waals surface area contributed by atoms with Crippen molar-refractivity contribution in [3.05, 3.63) is 59.1 Å². The maximum atomic E-state index is 13.3. The molecule has 1 fully saturated rings. The Morgan fingerprint density at radius 3 is 2.15 bits per heavy atom. The highest BCUT2D eigenvalue weighted by Crippen LogP contribution is 2.49. The zero-order chi connectivity index (χ0) is 24.0. The van der Waals surface area contributed by atoms with Crippen LogP contribution in [0.25, 0.3) is 0 Å². The van der Waals surface area contributed by atoms with Crippen molar-refractivity contribution in [3.8, 4) is 5.75 Å². The van der Waals surface area contributed by atoms with Gasteiger partial charge in [-0.1, -0.05) is 23.7 Å². The molecular weight excluding hydrogens is 450 g/mol. The van der Waals surface area contributed by atoms with Crippen molar-refractivity contribution in [1.29, 1.82) is 0 Å². The fourth-order valence-electron chi connectivity index (χ4n) is 4.10. The molecule has 9 heteroatoms. The summed E-state index contributed by atoms with van der Waals surface area (Å²) in [4.78, 5) is 33.0. The summed E-state index contributed by atoms with van der Waals surface area (Å²) >= 11 is 6.12. The first kappa shape index (κ1) is 24.8. The van der Waals surface area contributed by atoms with Crippen LogP contribution in [-0.4, -0.2) is 46.2 Å². The molecule has 0 spiro atoms. The topological polar surface area (TPSA) is 83.5 Å². The lowest BCUT2D eigenvalue weighted by Gasteiger charge is -2.40. The molecular formula is C24H28ClNO7. The molecule has 1 aliphatic heterocycles. The van der Waals surface area contributed by atoms with Gasteiger partial charge < -0.3 is 18.9 Å². The van der Waals surface area contributed by atoms with Gasteiger partial charge in [0.1, 0.15) is 11.8 Å². The minimum Gasteiger partial charge on any atom is -0.497 e. The summed E-state index contributed by atoms with van der Waals surface area (Å²) in [6.45, 7) is 2.23. The van der Waals surface area contributed by atoms with E-state index in [9.17, 15) is 9.59 Å². The molecule has 0 bridgehead atoms. The van der Waals surface area contributed by atoms with Crippen LogP contribution in [0, 0.1) is 5.41 Å². The van der Waals surface area contributed by atoms with Gasteiger partial charge in [-0.15, -0.1) is 0 Å². The number of halogens is 1. The summed E-state index contributed by atoms with van der Waals surface area (Å²) in [7, 11) is 4.06. The second-order valence-electron chi connectivity index (χ2n) is 7.46. The number of nitrogens with zero attached hydrogens (tertiary/aromatic N) is 1. The molecule has 8 nitrogen and oxygen atoms in total. The number of anilines is 1. The van der Waals surface area contributed by atoms with E-state index in [1.807, 2.05) is 6.92 Å². The van der Waals surface area contributed by atoms with Crippen molar-refractivity contribution in [3.63, 3.8) is 0 Å². The average molecular weight is 478 g/mol. The first-order chi connectivity index (χ1) is 15.9. The highest BCUT2D eigenvalue weighted by molar-refractivity contribution is 6.30. The Bertz CT molecular complexity index is 932. The summed E-state index contributed by atoms with van der Waals surface area (Å²) in [6.07, 6.45) is -0.366. The molecule has 2 aromatic carbocycles. The Balaban J connectivity index is 2.28. The van der Waals surface area contributed by atoms with Crippen LogP contribution in [0.3, 0.4) is 0 Å². The van der Waals surface area contributed by atoms with Crippen LogP contribution in [0.4, 0.5) is 5.69 Å². The lowest BCUT2D eigenvalue weighted by atomic mass is 9.73. The number of benzene rings is 2. The second-order valence-corrected chi connectivity index (χ2v) is 7.90. The third-order valence-corrected chi connectivity index (χ3v) is 5.92. The van der Waals surface area contributed by atoms with Crippen LogP contribution >= 0.6 is 11.6 Å². The van der Waals surface area contributed by atoms with E-state index in [-0.39, 0.29) is 12.8 Å². The second kappa shape index (κ2) is 10.9. The smallest absolute Gasteiger partial charge is 0.325 e. The van der Waals surface area contributed by atoms with Crippen molar-refractivity contribution in [2.45, 2.75) is 32.1 Å². The van der Waals surface area contributed by atoms with Gasteiger partial charge in [0.2, 0.25) is 0 Å². The van der Waals surface area contributed by atoms with Crippen molar-refractivity contribution in [2.75, 3.05) is 33.0 Å². The van der Waals surface area contributed by atoms with Gasteiger partial charge in [-0.2, -0.15) is 0 Å². The van der Waals surface area contributed by atoms with Crippen molar-refractivity contribution < 1.29 is 33.4 Å². The van der Waals surface area contributed by atoms with Crippen LogP contribution in [0.2, 0.25) is 5.02 Å². The molecule has 0 amide bonds. The van der Waals surface area contributed by atoms with E-state index >= 15 is 0 Å². The number of methoxy groups -OCH3 is 3. The number of hydrogen-bond donors (Lipinski definition) is 0. The number of hydrogen-bond acceptors (Lipinski definition) is 8. The highest BCUT2D eigenvalue weighted by Gasteiger charge is 2.59. The van der Waals surface area contributed by atoms with Gasteiger partial charge in [0, 0.05) is 18.1 Å². The number of rotatable bonds is 7. The molecule has 0 radical (unpaired) electrons. The quantitative estimate of drug-likeness (QED) is 0.430. The lowest BCUT2D eigenvalue weighted by molar-refractivity contribution is -0.173. The Morgan fingerprint density at radius 2 is 1.64 bits per heavy atom. The fourth-order valence-corrected chi connectivity index (χ4v) is 4.23. The number of carbonyl (C=O) groups excluding carboxylic acids is 2. The zero-order valence-electron chi connectivity index (χ0n) is 19.1. The molecule has 178 valence electrons. The molecule has 0 N–H and O–H groups in total. The van der Waals surface area contributed by atoms with Crippen molar-refractivity contribution in [2.24, 2.45) is 5.41 Å². The lowest BCUT2D eigenvalue weighted by Crippen LogP contribution is -2.51. The minimum absolute atomic E-state index is 0.0803. The standard InChI is InChI=1S/C24H28ClNO7/c1-5-32-20-14-15-24(22(27)30-3,23(28)31-4)21(16-6-8-17(25)9-7-16)26(33-20)18-10-12-19(29-2)13-11-18/h6-13,20-21H,5,14-15H2,1-4H3/t20-,21-/m0/s1. The van der Waals surface area contributed by atoms with E-state index in [4.69, 9.17) is 35.4 Å². The minimum atomic E-state index is -1.73. The van der Waals surface area contributed by atoms with E-state index in [0.29, 0.717) is 28.6 Å². The highest BCUT2D eigenvalue weighted by atomic mass is 35.5. The molecule has 0 aromatic heterocycles. The monoisotopic (exact) mass is 477 g/mol. The predicted molar refractivity (Wildman–Crippen MR) is 122 cm³/mol. The number of esters is 2. The first-order valence-electron chi connectivity index (χ1n) is 10.5. The number of ether oxygens (including phenoxy) is 4. The van der Waals surface area contributed by atoms with E-state index < -0.39 is 29.7 Å². The maximum Gasteiger partial charge on any atom is 0.325 e. The van der Waals surface area contributed by atoms with Crippen LogP contribution in [-0.2, 0) is 28.6 Å². The molecule has 1 saturated heterocycles. The van der Waals surface area contributed by atoms with Gasteiger partial charge in [0.05, 0.1) is 27.0 Å². The molecule has 3 rings (SSSR count). The zero-order valence-corrected chi connectivity index (χ0v) is 19.8. The Kier molecular flexibility index (Phi) is 8.18. The maximum absolute atomic E-state index is 13.3. The van der Waals surface area contributed by atoms with E-state index in [0.717, 1.165) is 0 Å². The molecule has 0 aliphatic carbocycles. The van der Waals surface area contributed by atoms with Gasteiger partial charge in [0.15, 0.2) is 11.7 Å². The number of carbonyl (C=O) groups is 2. The Labute approximate surface area is 198 Å². The van der Waals surface area contributed by atoms with Crippen LogP contribution < -0.4 is 9.80 Å². The Hall–Kier alpha value is -2.81. The molecule has 2 atom stereocenters. The number of hydroxylamine groups is 1. The first-order valence-corrected chi connectivity index (χ1v) is 10.9. The average Bonchev–Trinajstić information content (AvgIpc) is 3.02. The van der Waals surface area contributed by atoms with E-state index in [1.165, 1.54) is 19.3 Å². The predicted octanol–water partition coefficient (Wildman–Crippen LogP) is 4.32. The summed E-state index contributed by atoms with van der Waals surface area (Å²) in [5.41, 5.74) is -0.536. The van der Waals surface area contributed by atoms with Gasteiger partial charge in [0.25, 0.3) is 0 Å². The fraction of sp³-hybridized carbons (Fsp3) is 0.417. The van der Waals surface area contributed by atoms with Crippen molar-refractivity contribution >= 4 is 29.2 Å². The molecule has 33 heavy (non-hydrogen) atoms. The van der Waals surface area contributed by atoms with Gasteiger partial charge in [-0.25, -0.2) is 9.90 Å². The molecule has 1 aliphatic rings. The van der Waals surface area contributed by atoms with Crippen LogP contribution in [0.1, 0.15) is 31.4 Å². The molecule has 0 unspecified atom stereocenters. The van der Waals surface area contributed by atoms with Crippen LogP contribution in [0.15, 0.2) is 48.5 Å². The van der Waals surface area contributed by atoms with Gasteiger partial charge >= 0.3 is 11.9 Å². The summed E-state index contributed by atoms with van der Waals surface area (Å²) in [5.74, 6) is -0.813. The van der Waals surface area contributed by atoms with E-state index in [2.05, 4.69) is 0 Å². The van der Waals surface area contributed by atoms with Gasteiger partial charge in [-0.3, -0.25) is 9.59 Å². The SMILES string of the molecule is CCO[C@@H]1CCC(C(=O)OC)(C(=O)OC)[C@H](c2ccc(Cl)cc2)N(c2ccc(OC)cc2)O1. The Morgan fingerprint density at radius 1 is 1.03 bits per heavy atom. The van der Waals surface area contributed by atoms with Crippen molar-refractivity contribution in [1.82, 2.24) is 0 Å². The summed E-state index contributed by atoms with van der Waals surface area (Å²) < 4.78 is 21.3. The summed E-state index contributed by atoms with van der Waals surface area (Å²) in [5, 5.41) is 2.03. The summed E-state index contributed by atoms with van der Waals surface area (Å²) in [6, 6.07) is 13.0. The molecule has 0 saturated carbocycles. The molecule has 1 heterocycles. The largest absolute Gasteiger partial charge is 0.497 e.